The van der Waals surface area contributed by atoms with Crippen molar-refractivity contribution >= 4 is 5.97 Å². The molecule has 7 heteroatoms. The summed E-state index contributed by atoms with van der Waals surface area (Å²) in [4.78, 5) is 18.4. The van der Waals surface area contributed by atoms with Gasteiger partial charge in [0.15, 0.2) is 5.82 Å². The van der Waals surface area contributed by atoms with Gasteiger partial charge in [0, 0.05) is 19.5 Å². The number of rotatable bonds is 6. The van der Waals surface area contributed by atoms with Crippen LogP contribution in [0.15, 0.2) is 34.9 Å². The number of benzene rings is 1. The number of piperidine rings is 1. The third-order valence-corrected chi connectivity index (χ3v) is 4.83. The highest BCUT2D eigenvalue weighted by atomic mass is 16.5. The molecule has 3 rings (SSSR count). The summed E-state index contributed by atoms with van der Waals surface area (Å²) in [5, 5.41) is 24.4. The number of carboxylic acid groups (broad SMARTS) is 1. The molecular weight excluding hydrogens is 322 g/mol. The van der Waals surface area contributed by atoms with Gasteiger partial charge in [0.05, 0.1) is 12.6 Å². The highest BCUT2D eigenvalue weighted by Gasteiger charge is 2.49. The van der Waals surface area contributed by atoms with Gasteiger partial charge < -0.3 is 14.7 Å². The Bertz CT molecular complexity index is 718. The fraction of sp³-hybridized carbons (Fsp3) is 0.500. The smallest absolute Gasteiger partial charge is 0.313 e. The molecule has 134 valence electrons. The number of aromatic nitrogens is 2. The van der Waals surface area contributed by atoms with E-state index in [2.05, 4.69) is 10.1 Å². The van der Waals surface area contributed by atoms with Crippen molar-refractivity contribution in [2.75, 3.05) is 13.1 Å². The molecule has 0 aliphatic carbocycles. The zero-order chi connectivity index (χ0) is 17.9. The van der Waals surface area contributed by atoms with E-state index in [-0.39, 0.29) is 13.0 Å². The lowest BCUT2D eigenvalue weighted by Gasteiger charge is -2.43. The predicted molar refractivity (Wildman–Crippen MR) is 89.8 cm³/mol. The molecule has 1 aromatic heterocycles. The molecule has 0 bridgehead atoms. The molecule has 1 aromatic carbocycles. The van der Waals surface area contributed by atoms with Gasteiger partial charge in [0.25, 0.3) is 0 Å². The van der Waals surface area contributed by atoms with Crippen molar-refractivity contribution in [3.05, 3.63) is 47.6 Å². The summed E-state index contributed by atoms with van der Waals surface area (Å²) in [6, 6.07) is 9.43. The number of carboxylic acids is 1. The zero-order valence-electron chi connectivity index (χ0n) is 14.3. The Morgan fingerprint density at radius 1 is 1.40 bits per heavy atom. The van der Waals surface area contributed by atoms with Crippen molar-refractivity contribution in [3.8, 4) is 0 Å². The fourth-order valence-corrected chi connectivity index (χ4v) is 3.42. The predicted octanol–water partition coefficient (Wildman–Crippen LogP) is 1.51. The van der Waals surface area contributed by atoms with Crippen molar-refractivity contribution in [2.45, 2.75) is 38.8 Å². The summed E-state index contributed by atoms with van der Waals surface area (Å²) in [6.45, 7) is 3.19. The van der Waals surface area contributed by atoms with Crippen molar-refractivity contribution in [2.24, 2.45) is 5.41 Å². The second-order valence-electron chi connectivity index (χ2n) is 6.60. The summed E-state index contributed by atoms with van der Waals surface area (Å²) in [5.41, 5.74) is -0.338. The van der Waals surface area contributed by atoms with Crippen LogP contribution in [0.2, 0.25) is 0 Å². The van der Waals surface area contributed by atoms with E-state index in [0.29, 0.717) is 37.6 Å². The largest absolute Gasteiger partial charge is 0.481 e. The lowest BCUT2D eigenvalue weighted by atomic mass is 9.73. The highest BCUT2D eigenvalue weighted by Crippen LogP contribution is 2.35. The third-order valence-electron chi connectivity index (χ3n) is 4.83. The quantitative estimate of drug-likeness (QED) is 0.818. The summed E-state index contributed by atoms with van der Waals surface area (Å²) < 4.78 is 5.12. The van der Waals surface area contributed by atoms with Crippen LogP contribution in [0, 0.1) is 5.41 Å². The van der Waals surface area contributed by atoms with Crippen molar-refractivity contribution in [1.82, 2.24) is 15.0 Å². The first-order chi connectivity index (χ1) is 12.0. The molecule has 1 aliphatic rings. The first-order valence-electron chi connectivity index (χ1n) is 8.52. The number of likely N-dealkylation sites (tertiary alicyclic amines) is 1. The fourth-order valence-electron chi connectivity index (χ4n) is 3.42. The van der Waals surface area contributed by atoms with E-state index in [1.54, 1.807) is 0 Å². The van der Waals surface area contributed by atoms with Gasteiger partial charge in [-0.2, -0.15) is 4.98 Å². The maximum Gasteiger partial charge on any atom is 0.313 e. The molecule has 1 saturated heterocycles. The third kappa shape index (κ3) is 3.72. The molecule has 1 aliphatic heterocycles. The molecular formula is C18H23N3O4. The number of carbonyl (C=O) groups is 1. The standard InChI is InChI=1S/C18H23N3O4/c1-2-16-19-15(20-25-16)11-21-9-8-14(22)18(12-21,17(23)24)10-13-6-4-3-5-7-13/h3-7,14,22H,2,8-12H2,1H3,(H,23,24)/t14-,18-/m0/s1. The molecule has 0 spiro atoms. The van der Waals surface area contributed by atoms with E-state index in [4.69, 9.17) is 4.52 Å². The second-order valence-corrected chi connectivity index (χ2v) is 6.60. The van der Waals surface area contributed by atoms with Gasteiger partial charge in [-0.15, -0.1) is 0 Å². The van der Waals surface area contributed by atoms with Crippen LogP contribution in [0.5, 0.6) is 0 Å². The van der Waals surface area contributed by atoms with E-state index in [1.165, 1.54) is 0 Å². The molecule has 0 saturated carbocycles. The first-order valence-corrected chi connectivity index (χ1v) is 8.52. The lowest BCUT2D eigenvalue weighted by molar-refractivity contribution is -0.163. The molecule has 0 amide bonds. The molecule has 2 heterocycles. The van der Waals surface area contributed by atoms with Crippen LogP contribution in [-0.2, 0) is 24.2 Å². The van der Waals surface area contributed by atoms with Gasteiger partial charge in [0.1, 0.15) is 5.41 Å². The Labute approximate surface area is 146 Å². The number of hydrogen-bond donors (Lipinski definition) is 2. The number of hydrogen-bond acceptors (Lipinski definition) is 6. The number of aliphatic hydroxyl groups excluding tert-OH is 1. The van der Waals surface area contributed by atoms with Crippen LogP contribution in [-0.4, -0.2) is 50.4 Å². The van der Waals surface area contributed by atoms with Crippen LogP contribution in [0.1, 0.15) is 30.6 Å². The number of aryl methyl sites for hydroxylation is 1. The van der Waals surface area contributed by atoms with Crippen LogP contribution >= 0.6 is 0 Å². The first kappa shape index (κ1) is 17.6. The SMILES string of the molecule is CCc1nc(CN2CC[C@H](O)[C@@](Cc3ccccc3)(C(=O)O)C2)no1. The Kier molecular flexibility index (Phi) is 5.15. The topological polar surface area (TPSA) is 99.7 Å². The molecule has 1 fully saturated rings. The molecule has 25 heavy (non-hydrogen) atoms. The molecule has 0 unspecified atom stereocenters. The lowest BCUT2D eigenvalue weighted by Crippen LogP contribution is -2.56. The van der Waals surface area contributed by atoms with Gasteiger partial charge in [-0.25, -0.2) is 0 Å². The summed E-state index contributed by atoms with van der Waals surface area (Å²) >= 11 is 0. The summed E-state index contributed by atoms with van der Waals surface area (Å²) in [6.07, 6.45) is 0.460. The van der Waals surface area contributed by atoms with E-state index in [9.17, 15) is 15.0 Å². The summed E-state index contributed by atoms with van der Waals surface area (Å²) in [5.74, 6) is 0.143. The maximum atomic E-state index is 12.1. The van der Waals surface area contributed by atoms with Crippen molar-refractivity contribution in [1.29, 1.82) is 0 Å². The van der Waals surface area contributed by atoms with Gasteiger partial charge in [-0.1, -0.05) is 42.4 Å². The number of aliphatic hydroxyl groups is 1. The average molecular weight is 345 g/mol. The maximum absolute atomic E-state index is 12.1. The normalized spacial score (nSPS) is 24.3. The van der Waals surface area contributed by atoms with E-state index in [0.717, 1.165) is 5.56 Å². The Morgan fingerprint density at radius 3 is 2.80 bits per heavy atom. The minimum atomic E-state index is -1.24. The van der Waals surface area contributed by atoms with Gasteiger partial charge >= 0.3 is 5.97 Å². The zero-order valence-corrected chi connectivity index (χ0v) is 14.3. The van der Waals surface area contributed by atoms with Crippen LogP contribution in [0.3, 0.4) is 0 Å². The van der Waals surface area contributed by atoms with E-state index in [1.807, 2.05) is 42.2 Å². The minimum absolute atomic E-state index is 0.244. The molecule has 2 N–H and O–H groups in total. The van der Waals surface area contributed by atoms with E-state index < -0.39 is 17.5 Å². The Morgan fingerprint density at radius 2 is 2.16 bits per heavy atom. The van der Waals surface area contributed by atoms with Gasteiger partial charge in [-0.3, -0.25) is 9.69 Å². The second kappa shape index (κ2) is 7.33. The summed E-state index contributed by atoms with van der Waals surface area (Å²) in [7, 11) is 0. The highest BCUT2D eigenvalue weighted by molar-refractivity contribution is 5.76. The van der Waals surface area contributed by atoms with Crippen molar-refractivity contribution < 1.29 is 19.5 Å². The van der Waals surface area contributed by atoms with Gasteiger partial charge in [0.2, 0.25) is 5.89 Å². The Balaban J connectivity index is 1.79. The van der Waals surface area contributed by atoms with Crippen LogP contribution in [0.25, 0.3) is 0 Å². The molecule has 2 aromatic rings. The van der Waals surface area contributed by atoms with Crippen LogP contribution in [0.4, 0.5) is 0 Å². The average Bonchev–Trinajstić information content (AvgIpc) is 3.06. The van der Waals surface area contributed by atoms with Crippen LogP contribution < -0.4 is 0 Å². The molecule has 2 atom stereocenters. The van der Waals surface area contributed by atoms with Gasteiger partial charge in [-0.05, 0) is 18.4 Å². The minimum Gasteiger partial charge on any atom is -0.481 e. The number of nitrogens with zero attached hydrogens (tertiary/aromatic N) is 3. The Hall–Kier alpha value is -2.25. The number of aliphatic carboxylic acids is 1. The molecule has 0 radical (unpaired) electrons. The molecule has 7 nitrogen and oxygen atoms in total. The monoisotopic (exact) mass is 345 g/mol. The van der Waals surface area contributed by atoms with Crippen molar-refractivity contribution in [3.63, 3.8) is 0 Å². The van der Waals surface area contributed by atoms with E-state index >= 15 is 0 Å².